The van der Waals surface area contributed by atoms with Crippen LogP contribution in [-0.4, -0.2) is 20.6 Å². The summed E-state index contributed by atoms with van der Waals surface area (Å²) in [7, 11) is 1.77. The lowest BCUT2D eigenvalue weighted by Crippen LogP contribution is -2.04. The number of fused-ring (bicyclic) bond motifs is 1. The average Bonchev–Trinajstić information content (AvgIpc) is 2.92. The quantitative estimate of drug-likeness (QED) is 0.738. The second-order valence-corrected chi connectivity index (χ2v) is 4.72. The number of benzene rings is 1. The highest BCUT2D eigenvalue weighted by atomic mass is 16.4. The van der Waals surface area contributed by atoms with Gasteiger partial charge in [-0.25, -0.2) is 4.79 Å². The molecule has 0 aliphatic carbocycles. The van der Waals surface area contributed by atoms with Crippen LogP contribution < -0.4 is 0 Å². The van der Waals surface area contributed by atoms with Gasteiger partial charge in [-0.3, -0.25) is 0 Å². The zero-order valence-corrected chi connectivity index (χ0v) is 10.8. The van der Waals surface area contributed by atoms with Crippen LogP contribution in [0, 0.1) is 6.92 Å². The molecule has 2 N–H and O–H groups in total. The van der Waals surface area contributed by atoms with Crippen molar-refractivity contribution in [2.24, 2.45) is 7.05 Å². The summed E-state index contributed by atoms with van der Waals surface area (Å²) >= 11 is 0. The van der Waals surface area contributed by atoms with E-state index in [9.17, 15) is 4.79 Å². The molecule has 0 bridgehead atoms. The Bertz CT molecular complexity index is 781. The van der Waals surface area contributed by atoms with Crippen LogP contribution in [0.4, 0.5) is 0 Å². The Morgan fingerprint density at radius 3 is 2.74 bits per heavy atom. The van der Waals surface area contributed by atoms with Gasteiger partial charge in [0.05, 0.1) is 5.69 Å². The van der Waals surface area contributed by atoms with Crippen molar-refractivity contribution in [1.82, 2.24) is 9.55 Å². The molecule has 0 amide bonds. The number of carboxylic acids is 1. The van der Waals surface area contributed by atoms with Gasteiger partial charge in [0.1, 0.15) is 5.69 Å². The SMILES string of the molecule is Cc1ccc2[nH]cc(-c3ccc(C(=O)O)n3C)c2c1. The van der Waals surface area contributed by atoms with Crippen LogP contribution in [0.5, 0.6) is 0 Å². The summed E-state index contributed by atoms with van der Waals surface area (Å²) in [5.74, 6) is -0.912. The zero-order chi connectivity index (χ0) is 13.6. The van der Waals surface area contributed by atoms with Crippen molar-refractivity contribution >= 4 is 16.9 Å². The molecule has 0 radical (unpaired) electrons. The van der Waals surface area contributed by atoms with Gasteiger partial charge in [-0.2, -0.15) is 0 Å². The molecule has 19 heavy (non-hydrogen) atoms. The van der Waals surface area contributed by atoms with Crippen LogP contribution in [0.2, 0.25) is 0 Å². The molecule has 0 aliphatic rings. The largest absolute Gasteiger partial charge is 0.477 e. The molecule has 2 heterocycles. The standard InChI is InChI=1S/C15H14N2O2/c1-9-3-4-12-10(7-9)11(8-16-12)13-5-6-14(15(18)19)17(13)2/h3-8,16H,1-2H3,(H,18,19). The molecule has 96 valence electrons. The van der Waals surface area contributed by atoms with Gasteiger partial charge in [0.25, 0.3) is 0 Å². The third-order valence-corrected chi connectivity index (χ3v) is 3.45. The van der Waals surface area contributed by atoms with Gasteiger partial charge in [-0.1, -0.05) is 11.6 Å². The van der Waals surface area contributed by atoms with Gasteiger partial charge in [-0.15, -0.1) is 0 Å². The van der Waals surface area contributed by atoms with Gasteiger partial charge in [0, 0.05) is 29.7 Å². The molecule has 0 saturated heterocycles. The van der Waals surface area contributed by atoms with Crippen LogP contribution in [0.1, 0.15) is 16.1 Å². The predicted octanol–water partition coefficient (Wildman–Crippen LogP) is 3.18. The zero-order valence-electron chi connectivity index (χ0n) is 10.8. The second-order valence-electron chi connectivity index (χ2n) is 4.72. The van der Waals surface area contributed by atoms with E-state index < -0.39 is 5.97 Å². The molecular weight excluding hydrogens is 240 g/mol. The Kier molecular flexibility index (Phi) is 2.45. The molecule has 0 atom stereocenters. The minimum absolute atomic E-state index is 0.289. The highest BCUT2D eigenvalue weighted by molar-refractivity contribution is 5.96. The molecule has 3 aromatic rings. The Morgan fingerprint density at radius 1 is 1.26 bits per heavy atom. The summed E-state index contributed by atoms with van der Waals surface area (Å²) in [4.78, 5) is 14.3. The van der Waals surface area contributed by atoms with Crippen molar-refractivity contribution in [2.75, 3.05) is 0 Å². The molecule has 0 spiro atoms. The third kappa shape index (κ3) is 1.73. The molecule has 3 rings (SSSR count). The fourth-order valence-corrected chi connectivity index (χ4v) is 2.44. The first-order chi connectivity index (χ1) is 9.08. The smallest absolute Gasteiger partial charge is 0.352 e. The number of carbonyl (C=O) groups is 1. The maximum absolute atomic E-state index is 11.1. The number of aromatic carboxylic acids is 1. The first-order valence-electron chi connectivity index (χ1n) is 6.05. The first kappa shape index (κ1) is 11.6. The Balaban J connectivity index is 2.25. The first-order valence-corrected chi connectivity index (χ1v) is 6.05. The van der Waals surface area contributed by atoms with Crippen molar-refractivity contribution in [3.8, 4) is 11.3 Å². The monoisotopic (exact) mass is 254 g/mol. The van der Waals surface area contributed by atoms with E-state index in [1.54, 1.807) is 17.7 Å². The van der Waals surface area contributed by atoms with Crippen molar-refractivity contribution in [2.45, 2.75) is 6.92 Å². The minimum atomic E-state index is -0.912. The third-order valence-electron chi connectivity index (χ3n) is 3.45. The Labute approximate surface area is 110 Å². The minimum Gasteiger partial charge on any atom is -0.477 e. The summed E-state index contributed by atoms with van der Waals surface area (Å²) in [5.41, 5.74) is 4.44. The topological polar surface area (TPSA) is 58.0 Å². The van der Waals surface area contributed by atoms with Crippen molar-refractivity contribution in [3.63, 3.8) is 0 Å². The van der Waals surface area contributed by atoms with E-state index in [2.05, 4.69) is 17.1 Å². The summed E-state index contributed by atoms with van der Waals surface area (Å²) in [6, 6.07) is 9.67. The Morgan fingerprint density at radius 2 is 2.05 bits per heavy atom. The second kappa shape index (κ2) is 4.02. The highest BCUT2D eigenvalue weighted by Crippen LogP contribution is 2.30. The van der Waals surface area contributed by atoms with E-state index in [1.165, 1.54) is 5.56 Å². The van der Waals surface area contributed by atoms with Crippen molar-refractivity contribution in [3.05, 3.63) is 47.8 Å². The summed E-state index contributed by atoms with van der Waals surface area (Å²) < 4.78 is 1.70. The fourth-order valence-electron chi connectivity index (χ4n) is 2.44. The predicted molar refractivity (Wildman–Crippen MR) is 74.4 cm³/mol. The number of aryl methyl sites for hydroxylation is 1. The number of nitrogens with zero attached hydrogens (tertiary/aromatic N) is 1. The van der Waals surface area contributed by atoms with Crippen LogP contribution in [0.25, 0.3) is 22.2 Å². The number of hydrogen-bond donors (Lipinski definition) is 2. The van der Waals surface area contributed by atoms with Gasteiger partial charge >= 0.3 is 5.97 Å². The van der Waals surface area contributed by atoms with Crippen LogP contribution >= 0.6 is 0 Å². The van der Waals surface area contributed by atoms with Gasteiger partial charge in [-0.05, 0) is 31.2 Å². The Hall–Kier alpha value is -2.49. The molecule has 2 aromatic heterocycles. The molecule has 0 aliphatic heterocycles. The van der Waals surface area contributed by atoms with Crippen LogP contribution in [0.15, 0.2) is 36.5 Å². The average molecular weight is 254 g/mol. The van der Waals surface area contributed by atoms with E-state index in [1.807, 2.05) is 25.3 Å². The fraction of sp³-hybridized carbons (Fsp3) is 0.133. The van der Waals surface area contributed by atoms with Crippen LogP contribution in [-0.2, 0) is 7.05 Å². The number of nitrogens with one attached hydrogen (secondary N) is 1. The number of carboxylic acid groups (broad SMARTS) is 1. The van der Waals surface area contributed by atoms with Gasteiger partial charge < -0.3 is 14.7 Å². The van der Waals surface area contributed by atoms with Crippen molar-refractivity contribution < 1.29 is 9.90 Å². The molecule has 4 nitrogen and oxygen atoms in total. The number of rotatable bonds is 2. The van der Waals surface area contributed by atoms with E-state index >= 15 is 0 Å². The normalized spacial score (nSPS) is 11.1. The summed E-state index contributed by atoms with van der Waals surface area (Å²) in [6.07, 6.45) is 1.92. The molecule has 0 saturated carbocycles. The van der Waals surface area contributed by atoms with Crippen LogP contribution in [0.3, 0.4) is 0 Å². The molecular formula is C15H14N2O2. The van der Waals surface area contributed by atoms with Crippen molar-refractivity contribution in [1.29, 1.82) is 0 Å². The number of aromatic amines is 1. The summed E-state index contributed by atoms with van der Waals surface area (Å²) in [5, 5.41) is 10.2. The lowest BCUT2D eigenvalue weighted by atomic mass is 10.1. The van der Waals surface area contributed by atoms with E-state index in [0.717, 1.165) is 22.2 Å². The molecule has 1 aromatic carbocycles. The maximum atomic E-state index is 11.1. The van der Waals surface area contributed by atoms with Gasteiger partial charge in [0.2, 0.25) is 0 Å². The molecule has 4 heteroatoms. The highest BCUT2D eigenvalue weighted by Gasteiger charge is 2.14. The number of hydrogen-bond acceptors (Lipinski definition) is 1. The van der Waals surface area contributed by atoms with E-state index in [-0.39, 0.29) is 5.69 Å². The molecule has 0 fully saturated rings. The number of H-pyrrole nitrogens is 1. The summed E-state index contributed by atoms with van der Waals surface area (Å²) in [6.45, 7) is 2.05. The van der Waals surface area contributed by atoms with E-state index in [0.29, 0.717) is 0 Å². The van der Waals surface area contributed by atoms with E-state index in [4.69, 9.17) is 5.11 Å². The molecule has 0 unspecified atom stereocenters. The number of aromatic nitrogens is 2. The van der Waals surface area contributed by atoms with Gasteiger partial charge in [0.15, 0.2) is 0 Å². The lowest BCUT2D eigenvalue weighted by Gasteiger charge is -2.04. The lowest BCUT2D eigenvalue weighted by molar-refractivity contribution is 0.0687. The maximum Gasteiger partial charge on any atom is 0.352 e.